The van der Waals surface area contributed by atoms with Gasteiger partial charge in [-0.25, -0.2) is 4.98 Å². The van der Waals surface area contributed by atoms with Crippen molar-refractivity contribution < 1.29 is 14.3 Å². The van der Waals surface area contributed by atoms with Crippen molar-refractivity contribution in [2.75, 3.05) is 20.3 Å². The summed E-state index contributed by atoms with van der Waals surface area (Å²) in [5.74, 6) is 2.51. The van der Waals surface area contributed by atoms with Crippen LogP contribution in [0.15, 0.2) is 78.9 Å². The molecule has 0 radical (unpaired) electrons. The summed E-state index contributed by atoms with van der Waals surface area (Å²) in [4.78, 5) is 17.2. The number of carbonyl (C=O) groups excluding carboxylic acids is 1. The van der Waals surface area contributed by atoms with Crippen molar-refractivity contribution in [3.8, 4) is 11.5 Å². The number of aromatic nitrogens is 2. The first-order chi connectivity index (χ1) is 15.7. The van der Waals surface area contributed by atoms with Crippen LogP contribution in [0.1, 0.15) is 22.6 Å². The van der Waals surface area contributed by atoms with Crippen molar-refractivity contribution in [3.63, 3.8) is 0 Å². The van der Waals surface area contributed by atoms with Gasteiger partial charge in [0, 0.05) is 18.5 Å². The number of methoxy groups -OCH3 is 1. The van der Waals surface area contributed by atoms with E-state index in [-0.39, 0.29) is 5.91 Å². The molecule has 6 nitrogen and oxygen atoms in total. The molecule has 0 aliphatic heterocycles. The highest BCUT2D eigenvalue weighted by Crippen LogP contribution is 2.18. The summed E-state index contributed by atoms with van der Waals surface area (Å²) in [6.45, 7) is 1.85. The van der Waals surface area contributed by atoms with Crippen LogP contribution in [0.2, 0.25) is 0 Å². The number of rotatable bonds is 10. The molecule has 1 N–H and O–H groups in total. The average molecular weight is 430 g/mol. The minimum Gasteiger partial charge on any atom is -0.497 e. The zero-order chi connectivity index (χ0) is 22.2. The van der Waals surface area contributed by atoms with Crippen LogP contribution in [0.3, 0.4) is 0 Å². The predicted octanol–water partition coefficient (Wildman–Crippen LogP) is 4.49. The number of fused-ring (bicyclic) bond motifs is 1. The van der Waals surface area contributed by atoms with Crippen molar-refractivity contribution in [1.29, 1.82) is 0 Å². The number of hydrogen-bond donors (Lipinski definition) is 1. The fourth-order valence-electron chi connectivity index (χ4n) is 3.63. The van der Waals surface area contributed by atoms with Gasteiger partial charge in [0.25, 0.3) is 5.91 Å². The Hall–Kier alpha value is -3.80. The third-order valence-corrected chi connectivity index (χ3v) is 5.28. The molecule has 32 heavy (non-hydrogen) atoms. The molecule has 0 aliphatic rings. The molecular formula is C26H27N3O3. The largest absolute Gasteiger partial charge is 0.497 e. The van der Waals surface area contributed by atoms with Crippen molar-refractivity contribution in [2.24, 2.45) is 0 Å². The number of aryl methyl sites for hydroxylation is 1. The predicted molar refractivity (Wildman–Crippen MR) is 125 cm³/mol. The summed E-state index contributed by atoms with van der Waals surface area (Å²) >= 11 is 0. The van der Waals surface area contributed by atoms with Crippen LogP contribution in [0, 0.1) is 0 Å². The molecule has 6 heteroatoms. The van der Waals surface area contributed by atoms with Gasteiger partial charge in [0.15, 0.2) is 0 Å². The van der Waals surface area contributed by atoms with Gasteiger partial charge in [0.1, 0.15) is 23.9 Å². The van der Waals surface area contributed by atoms with Crippen molar-refractivity contribution in [3.05, 3.63) is 90.3 Å². The number of carbonyl (C=O) groups is 1. The number of ether oxygens (including phenoxy) is 2. The first-order valence-electron chi connectivity index (χ1n) is 10.8. The minimum atomic E-state index is -0.0857. The first kappa shape index (κ1) is 21.4. The second-order valence-electron chi connectivity index (χ2n) is 7.42. The van der Waals surface area contributed by atoms with Gasteiger partial charge in [-0.3, -0.25) is 4.79 Å². The standard InChI is InChI=1S/C26H27N3O3/c1-31-21-15-13-20(14-16-21)26(30)27-17-7-12-25-28-23-10-5-6-11-24(23)29(25)18-19-32-22-8-3-2-4-9-22/h2-6,8-11,13-16H,7,12,17-19H2,1H3,(H,27,30). The summed E-state index contributed by atoms with van der Waals surface area (Å²) in [5, 5.41) is 2.98. The molecule has 1 aromatic heterocycles. The molecule has 1 amide bonds. The van der Waals surface area contributed by atoms with Gasteiger partial charge < -0.3 is 19.4 Å². The summed E-state index contributed by atoms with van der Waals surface area (Å²) in [6.07, 6.45) is 1.56. The lowest BCUT2D eigenvalue weighted by Crippen LogP contribution is -2.25. The number of amides is 1. The summed E-state index contributed by atoms with van der Waals surface area (Å²) in [6, 6.07) is 25.1. The highest BCUT2D eigenvalue weighted by atomic mass is 16.5. The molecule has 0 bridgehead atoms. The van der Waals surface area contributed by atoms with Gasteiger partial charge in [0.2, 0.25) is 0 Å². The van der Waals surface area contributed by atoms with Gasteiger partial charge in [-0.1, -0.05) is 30.3 Å². The molecule has 1 heterocycles. The molecule has 0 saturated carbocycles. The maximum absolute atomic E-state index is 12.4. The Morgan fingerprint density at radius 2 is 1.69 bits per heavy atom. The van der Waals surface area contributed by atoms with Crippen LogP contribution < -0.4 is 14.8 Å². The maximum Gasteiger partial charge on any atom is 0.251 e. The number of nitrogens with zero attached hydrogens (tertiary/aromatic N) is 2. The Kier molecular flexibility index (Phi) is 7.02. The van der Waals surface area contributed by atoms with E-state index in [1.807, 2.05) is 48.5 Å². The summed E-state index contributed by atoms with van der Waals surface area (Å²) < 4.78 is 13.2. The molecule has 4 rings (SSSR count). The number of imidazole rings is 1. The van der Waals surface area contributed by atoms with Gasteiger partial charge in [-0.05, 0) is 55.0 Å². The lowest BCUT2D eigenvalue weighted by Gasteiger charge is -2.11. The lowest BCUT2D eigenvalue weighted by molar-refractivity contribution is 0.0953. The highest BCUT2D eigenvalue weighted by Gasteiger charge is 2.11. The second kappa shape index (κ2) is 10.5. The molecule has 0 aliphatic carbocycles. The fourth-order valence-corrected chi connectivity index (χ4v) is 3.63. The molecule has 0 fully saturated rings. The topological polar surface area (TPSA) is 65.4 Å². The Morgan fingerprint density at radius 1 is 0.938 bits per heavy atom. The number of para-hydroxylation sites is 3. The van der Waals surface area contributed by atoms with E-state index in [0.29, 0.717) is 25.3 Å². The van der Waals surface area contributed by atoms with E-state index in [1.165, 1.54) is 0 Å². The van der Waals surface area contributed by atoms with Crippen LogP contribution in [-0.4, -0.2) is 35.7 Å². The molecule has 0 atom stereocenters. The van der Waals surface area contributed by atoms with Crippen LogP contribution in [0.4, 0.5) is 0 Å². The number of nitrogens with one attached hydrogen (secondary N) is 1. The van der Waals surface area contributed by atoms with Crippen LogP contribution in [0.25, 0.3) is 11.0 Å². The third-order valence-electron chi connectivity index (χ3n) is 5.28. The summed E-state index contributed by atoms with van der Waals surface area (Å²) in [5.41, 5.74) is 2.70. The molecule has 0 saturated heterocycles. The quantitative estimate of drug-likeness (QED) is 0.377. The first-order valence-corrected chi connectivity index (χ1v) is 10.8. The maximum atomic E-state index is 12.4. The molecule has 3 aromatic carbocycles. The second-order valence-corrected chi connectivity index (χ2v) is 7.42. The molecule has 0 spiro atoms. The van der Waals surface area contributed by atoms with Crippen molar-refractivity contribution in [1.82, 2.24) is 14.9 Å². The minimum absolute atomic E-state index is 0.0857. The Morgan fingerprint density at radius 3 is 2.47 bits per heavy atom. The zero-order valence-electron chi connectivity index (χ0n) is 18.2. The van der Waals surface area contributed by atoms with Crippen molar-refractivity contribution in [2.45, 2.75) is 19.4 Å². The van der Waals surface area contributed by atoms with Crippen LogP contribution in [0.5, 0.6) is 11.5 Å². The van der Waals surface area contributed by atoms with Gasteiger partial charge in [-0.2, -0.15) is 0 Å². The van der Waals surface area contributed by atoms with E-state index >= 15 is 0 Å². The SMILES string of the molecule is COc1ccc(C(=O)NCCCc2nc3ccccc3n2CCOc2ccccc2)cc1. The van der Waals surface area contributed by atoms with Gasteiger partial charge in [0.05, 0.1) is 24.7 Å². The Labute approximate surface area is 187 Å². The van der Waals surface area contributed by atoms with Crippen LogP contribution >= 0.6 is 0 Å². The van der Waals surface area contributed by atoms with E-state index < -0.39 is 0 Å². The monoisotopic (exact) mass is 429 g/mol. The van der Waals surface area contributed by atoms with Gasteiger partial charge in [-0.15, -0.1) is 0 Å². The van der Waals surface area contributed by atoms with Crippen LogP contribution in [-0.2, 0) is 13.0 Å². The lowest BCUT2D eigenvalue weighted by atomic mass is 10.2. The summed E-state index contributed by atoms with van der Waals surface area (Å²) in [7, 11) is 1.61. The smallest absolute Gasteiger partial charge is 0.251 e. The third kappa shape index (κ3) is 5.27. The molecule has 164 valence electrons. The number of hydrogen-bond acceptors (Lipinski definition) is 4. The van der Waals surface area contributed by atoms with E-state index in [0.717, 1.165) is 41.2 Å². The highest BCUT2D eigenvalue weighted by molar-refractivity contribution is 5.94. The molecular weight excluding hydrogens is 402 g/mol. The Bertz CT molecular complexity index is 1150. The van der Waals surface area contributed by atoms with E-state index in [2.05, 4.69) is 16.0 Å². The van der Waals surface area contributed by atoms with E-state index in [1.54, 1.807) is 31.4 Å². The number of benzene rings is 3. The van der Waals surface area contributed by atoms with E-state index in [4.69, 9.17) is 14.5 Å². The Balaban J connectivity index is 1.34. The normalized spacial score (nSPS) is 10.8. The van der Waals surface area contributed by atoms with Crippen molar-refractivity contribution >= 4 is 16.9 Å². The fraction of sp³-hybridized carbons (Fsp3) is 0.231. The molecule has 0 unspecified atom stereocenters. The zero-order valence-corrected chi connectivity index (χ0v) is 18.2. The van der Waals surface area contributed by atoms with E-state index in [9.17, 15) is 4.79 Å². The average Bonchev–Trinajstić information content (AvgIpc) is 3.20. The van der Waals surface area contributed by atoms with Gasteiger partial charge >= 0.3 is 0 Å². The molecule has 4 aromatic rings.